The molecular weight excluding hydrogens is 244 g/mol. The second-order valence-corrected chi connectivity index (χ2v) is 3.01. The van der Waals surface area contributed by atoms with Gasteiger partial charge in [-0.15, -0.1) is 24.1 Å². The van der Waals surface area contributed by atoms with Gasteiger partial charge in [0.15, 0.2) is 12.2 Å². The van der Waals surface area contributed by atoms with Gasteiger partial charge in [-0.05, 0) is 0 Å². The van der Waals surface area contributed by atoms with Gasteiger partial charge in [0.25, 0.3) is 0 Å². The van der Waals surface area contributed by atoms with Crippen molar-refractivity contribution in [3.8, 4) is 0 Å². The number of hydroxylamine groups is 2. The Labute approximate surface area is 104 Å². The Morgan fingerprint density at radius 1 is 1.00 bits per heavy atom. The first-order chi connectivity index (χ1) is 8.54. The highest BCUT2D eigenvalue weighted by Crippen LogP contribution is 1.98. The molecule has 18 heavy (non-hydrogen) atoms. The minimum absolute atomic E-state index is 0.153. The number of rotatable bonds is 9. The first-order valence-corrected chi connectivity index (χ1v) is 4.99. The van der Waals surface area contributed by atoms with E-state index in [1.165, 1.54) is 12.2 Å². The highest BCUT2D eigenvalue weighted by Gasteiger charge is 2.33. The summed E-state index contributed by atoms with van der Waals surface area (Å²) in [6.07, 6.45) is -1.30. The Hall–Kier alpha value is -1.74. The third-order valence-corrected chi connectivity index (χ3v) is 1.58. The van der Waals surface area contributed by atoms with Gasteiger partial charge in [0.05, 0.1) is 0 Å². The molecule has 102 valence electrons. The number of aliphatic hydroxyl groups is 2. The summed E-state index contributed by atoms with van der Waals surface area (Å²) in [4.78, 5) is 30.9. The Morgan fingerprint density at radius 2 is 1.33 bits per heavy atom. The van der Waals surface area contributed by atoms with Gasteiger partial charge < -0.3 is 19.9 Å². The van der Waals surface area contributed by atoms with Gasteiger partial charge in [0.2, 0.25) is 0 Å². The van der Waals surface area contributed by atoms with Crippen LogP contribution in [0.4, 0.5) is 0 Å². The summed E-state index contributed by atoms with van der Waals surface area (Å²) in [6.45, 7) is 7.01. The van der Waals surface area contributed by atoms with Gasteiger partial charge in [-0.3, -0.25) is 0 Å². The number of nitrogens with one attached hydrogen (secondary N) is 2. The molecule has 0 aromatic rings. The quantitative estimate of drug-likeness (QED) is 0.217. The van der Waals surface area contributed by atoms with Crippen LogP contribution in [0.15, 0.2) is 25.3 Å². The van der Waals surface area contributed by atoms with Crippen molar-refractivity contribution in [2.45, 2.75) is 12.2 Å². The van der Waals surface area contributed by atoms with Crippen molar-refractivity contribution in [1.29, 1.82) is 0 Å². The van der Waals surface area contributed by atoms with E-state index in [1.807, 2.05) is 0 Å². The van der Waals surface area contributed by atoms with Gasteiger partial charge >= 0.3 is 11.9 Å². The molecule has 0 aliphatic carbocycles. The molecule has 0 rings (SSSR count). The van der Waals surface area contributed by atoms with Crippen LogP contribution in [0.1, 0.15) is 0 Å². The van der Waals surface area contributed by atoms with Crippen LogP contribution in [0, 0.1) is 0 Å². The van der Waals surface area contributed by atoms with E-state index in [9.17, 15) is 19.8 Å². The maximum atomic E-state index is 11.1. The molecule has 0 aromatic carbocycles. The van der Waals surface area contributed by atoms with Crippen molar-refractivity contribution in [2.24, 2.45) is 0 Å². The van der Waals surface area contributed by atoms with Gasteiger partial charge in [0.1, 0.15) is 0 Å². The first-order valence-electron chi connectivity index (χ1n) is 4.99. The Kier molecular flexibility index (Phi) is 8.41. The van der Waals surface area contributed by atoms with Crippen LogP contribution in [0.25, 0.3) is 0 Å². The minimum atomic E-state index is -2.06. The van der Waals surface area contributed by atoms with E-state index < -0.39 is 24.1 Å². The molecule has 8 heteroatoms. The van der Waals surface area contributed by atoms with Crippen LogP contribution in [-0.2, 0) is 19.3 Å². The summed E-state index contributed by atoms with van der Waals surface area (Å²) in [6, 6.07) is 0. The minimum Gasteiger partial charge on any atom is -0.379 e. The second kappa shape index (κ2) is 9.31. The van der Waals surface area contributed by atoms with E-state index in [2.05, 4.69) is 33.8 Å². The van der Waals surface area contributed by atoms with Crippen LogP contribution in [0.3, 0.4) is 0 Å². The van der Waals surface area contributed by atoms with E-state index in [0.29, 0.717) is 0 Å². The standard InChI is InChI=1S/C10H16N2O6/c1-3-5-11-17-9(15)7(13)8(14)10(16)18-12-6-4-2/h3-4,7-8,11-14H,1-2,5-6H2. The average Bonchev–Trinajstić information content (AvgIpc) is 2.37. The SMILES string of the molecule is C=CCNOC(=O)C(O)C(O)C(=O)ONCC=C. The third kappa shape index (κ3) is 6.11. The van der Waals surface area contributed by atoms with Crippen LogP contribution in [0.5, 0.6) is 0 Å². The van der Waals surface area contributed by atoms with Crippen molar-refractivity contribution in [3.05, 3.63) is 25.3 Å². The van der Waals surface area contributed by atoms with Gasteiger partial charge in [-0.2, -0.15) is 0 Å². The molecular formula is C10H16N2O6. The molecule has 0 saturated carbocycles. The summed E-state index contributed by atoms with van der Waals surface area (Å²) in [5, 5.41) is 18.5. The largest absolute Gasteiger partial charge is 0.379 e. The maximum absolute atomic E-state index is 11.1. The van der Waals surface area contributed by atoms with Crippen molar-refractivity contribution in [2.75, 3.05) is 13.1 Å². The van der Waals surface area contributed by atoms with Crippen LogP contribution >= 0.6 is 0 Å². The average molecular weight is 260 g/mol. The zero-order valence-corrected chi connectivity index (χ0v) is 9.67. The summed E-state index contributed by atoms with van der Waals surface area (Å²) in [5.74, 6) is -2.44. The Balaban J connectivity index is 4.09. The summed E-state index contributed by atoms with van der Waals surface area (Å²) in [7, 11) is 0. The normalized spacial score (nSPS) is 13.2. The van der Waals surface area contributed by atoms with Crippen LogP contribution in [-0.4, -0.2) is 47.4 Å². The predicted molar refractivity (Wildman–Crippen MR) is 60.6 cm³/mol. The lowest BCUT2D eigenvalue weighted by molar-refractivity contribution is -0.180. The molecule has 0 spiro atoms. The summed E-state index contributed by atoms with van der Waals surface area (Å²) in [5.41, 5.74) is 4.28. The third-order valence-electron chi connectivity index (χ3n) is 1.58. The zero-order chi connectivity index (χ0) is 14.0. The smallest absolute Gasteiger partial charge is 0.357 e. The van der Waals surface area contributed by atoms with Crippen molar-refractivity contribution in [3.63, 3.8) is 0 Å². The molecule has 0 fully saturated rings. The monoisotopic (exact) mass is 260 g/mol. The molecule has 0 saturated heterocycles. The van der Waals surface area contributed by atoms with Crippen molar-refractivity contribution in [1.82, 2.24) is 11.0 Å². The molecule has 0 radical (unpaired) electrons. The van der Waals surface area contributed by atoms with E-state index in [4.69, 9.17) is 0 Å². The molecule has 8 nitrogen and oxygen atoms in total. The molecule has 0 aromatic heterocycles. The molecule has 0 aliphatic heterocycles. The zero-order valence-electron chi connectivity index (χ0n) is 9.67. The van der Waals surface area contributed by atoms with E-state index in [0.717, 1.165) is 0 Å². The fourth-order valence-corrected chi connectivity index (χ4v) is 0.722. The number of carbonyl (C=O) groups excluding carboxylic acids is 2. The highest BCUT2D eigenvalue weighted by atomic mass is 16.7. The lowest BCUT2D eigenvalue weighted by atomic mass is 10.2. The molecule has 0 amide bonds. The Bertz CT molecular complexity index is 277. The molecule has 0 bridgehead atoms. The van der Waals surface area contributed by atoms with Crippen molar-refractivity contribution >= 4 is 11.9 Å². The maximum Gasteiger partial charge on any atom is 0.357 e. The fourth-order valence-electron chi connectivity index (χ4n) is 0.722. The van der Waals surface area contributed by atoms with E-state index in [1.54, 1.807) is 0 Å². The highest BCUT2D eigenvalue weighted by molar-refractivity contribution is 5.84. The second-order valence-electron chi connectivity index (χ2n) is 3.01. The Morgan fingerprint density at radius 3 is 1.61 bits per heavy atom. The lowest BCUT2D eigenvalue weighted by Gasteiger charge is -2.15. The topological polar surface area (TPSA) is 117 Å². The van der Waals surface area contributed by atoms with Crippen LogP contribution in [0.2, 0.25) is 0 Å². The molecule has 2 atom stereocenters. The number of carbonyl (C=O) groups is 2. The number of hydrogen-bond acceptors (Lipinski definition) is 8. The summed E-state index contributed by atoms with van der Waals surface area (Å²) >= 11 is 0. The predicted octanol–water partition coefficient (Wildman–Crippen LogP) is -1.82. The lowest BCUT2D eigenvalue weighted by Crippen LogP contribution is -2.44. The molecule has 0 aliphatic rings. The fraction of sp³-hybridized carbons (Fsp3) is 0.400. The van der Waals surface area contributed by atoms with Crippen molar-refractivity contribution < 1.29 is 29.5 Å². The van der Waals surface area contributed by atoms with Gasteiger partial charge in [-0.1, -0.05) is 12.2 Å². The van der Waals surface area contributed by atoms with E-state index >= 15 is 0 Å². The van der Waals surface area contributed by atoms with E-state index in [-0.39, 0.29) is 13.1 Å². The van der Waals surface area contributed by atoms with Gasteiger partial charge in [-0.25, -0.2) is 9.59 Å². The molecule has 2 unspecified atom stereocenters. The van der Waals surface area contributed by atoms with Crippen LogP contribution < -0.4 is 11.0 Å². The van der Waals surface area contributed by atoms with Gasteiger partial charge in [0, 0.05) is 13.1 Å². The molecule has 4 N–H and O–H groups in total. The summed E-state index contributed by atoms with van der Waals surface area (Å²) < 4.78 is 0. The number of hydrogen-bond donors (Lipinski definition) is 4. The number of aliphatic hydroxyl groups excluding tert-OH is 2. The first kappa shape index (κ1) is 16.3. The molecule has 0 heterocycles.